The van der Waals surface area contributed by atoms with Gasteiger partial charge in [0.15, 0.2) is 5.13 Å². The van der Waals surface area contributed by atoms with Gasteiger partial charge in [-0.25, -0.2) is 17.8 Å². The zero-order chi connectivity index (χ0) is 18.0. The summed E-state index contributed by atoms with van der Waals surface area (Å²) in [6.07, 6.45) is 4.93. The van der Waals surface area contributed by atoms with Crippen LogP contribution in [0.4, 0.5) is 15.2 Å². The third-order valence-corrected chi connectivity index (χ3v) is 6.90. The number of rotatable bonds is 5. The zero-order valence-electron chi connectivity index (χ0n) is 13.0. The Morgan fingerprint density at radius 2 is 1.96 bits per heavy atom. The van der Waals surface area contributed by atoms with Gasteiger partial charge >= 0.3 is 0 Å². The summed E-state index contributed by atoms with van der Waals surface area (Å²) < 4.78 is 41.3. The van der Waals surface area contributed by atoms with Crippen molar-refractivity contribution in [1.29, 1.82) is 0 Å². The van der Waals surface area contributed by atoms with Crippen LogP contribution in [-0.4, -0.2) is 24.8 Å². The molecule has 1 aliphatic rings. The smallest absolute Gasteiger partial charge is 0.266 e. The topological polar surface area (TPSA) is 71.1 Å². The summed E-state index contributed by atoms with van der Waals surface area (Å²) in [5.41, 5.74) is 0.380. The molecule has 1 saturated carbocycles. The molecule has 1 aromatic carbocycles. The van der Waals surface area contributed by atoms with Crippen LogP contribution in [0.5, 0.6) is 0 Å². The van der Waals surface area contributed by atoms with Crippen LogP contribution in [0.2, 0.25) is 5.02 Å². The van der Waals surface area contributed by atoms with E-state index in [4.69, 9.17) is 23.2 Å². The van der Waals surface area contributed by atoms with Crippen molar-refractivity contribution < 1.29 is 12.8 Å². The predicted octanol–water partition coefficient (Wildman–Crippen LogP) is 4.70. The first-order valence-corrected chi connectivity index (χ1v) is 10.8. The van der Waals surface area contributed by atoms with Crippen LogP contribution in [0.1, 0.15) is 25.7 Å². The number of benzene rings is 1. The van der Waals surface area contributed by atoms with Crippen LogP contribution >= 0.6 is 34.5 Å². The van der Waals surface area contributed by atoms with Crippen LogP contribution in [0, 0.1) is 5.82 Å². The summed E-state index contributed by atoms with van der Waals surface area (Å²) >= 11 is 13.4. The molecule has 0 amide bonds. The molecular formula is C15H16Cl2FN3O2S2. The summed E-state index contributed by atoms with van der Waals surface area (Å²) in [4.78, 5) is 3.32. The number of sulfonamides is 1. The molecule has 136 valence electrons. The largest absolute Gasteiger partial charge is 0.381 e. The van der Waals surface area contributed by atoms with Crippen LogP contribution < -0.4 is 10.0 Å². The fraction of sp³-hybridized carbons (Fsp3) is 0.400. The van der Waals surface area contributed by atoms with Crippen molar-refractivity contribution in [3.63, 3.8) is 0 Å². The maximum absolute atomic E-state index is 14.4. The monoisotopic (exact) mass is 423 g/mol. The third-order valence-electron chi connectivity index (χ3n) is 3.98. The van der Waals surface area contributed by atoms with E-state index in [1.807, 2.05) is 0 Å². The minimum atomic E-state index is -4.10. The van der Waals surface area contributed by atoms with Gasteiger partial charge < -0.3 is 5.32 Å². The van der Waals surface area contributed by atoms with Crippen molar-refractivity contribution >= 4 is 55.4 Å². The maximum atomic E-state index is 14.4. The lowest BCUT2D eigenvalue weighted by atomic mass is 9.95. The van der Waals surface area contributed by atoms with Crippen LogP contribution in [-0.2, 0) is 10.0 Å². The van der Waals surface area contributed by atoms with Gasteiger partial charge in [-0.1, -0.05) is 11.6 Å². The third kappa shape index (κ3) is 4.55. The Balaban J connectivity index is 1.80. The van der Waals surface area contributed by atoms with E-state index in [1.54, 1.807) is 5.38 Å². The molecule has 3 rings (SSSR count). The van der Waals surface area contributed by atoms with E-state index in [-0.39, 0.29) is 21.6 Å². The van der Waals surface area contributed by atoms with Crippen molar-refractivity contribution in [2.75, 3.05) is 10.0 Å². The number of anilines is 2. The van der Waals surface area contributed by atoms with E-state index in [0.717, 1.165) is 49.2 Å². The van der Waals surface area contributed by atoms with Crippen molar-refractivity contribution in [3.05, 3.63) is 34.5 Å². The molecule has 25 heavy (non-hydrogen) atoms. The van der Waals surface area contributed by atoms with Gasteiger partial charge in [0.2, 0.25) is 0 Å². The number of hydrogen-bond donors (Lipinski definition) is 2. The number of nitrogens with one attached hydrogen (secondary N) is 2. The Morgan fingerprint density at radius 1 is 1.24 bits per heavy atom. The molecule has 0 radical (unpaired) electrons. The molecular weight excluding hydrogens is 408 g/mol. The second-order valence-electron chi connectivity index (χ2n) is 5.80. The summed E-state index contributed by atoms with van der Waals surface area (Å²) in [5, 5.41) is 5.28. The molecule has 0 saturated heterocycles. The normalized spacial score (nSPS) is 21.1. The molecule has 5 nitrogen and oxygen atoms in total. The molecule has 0 aliphatic heterocycles. The van der Waals surface area contributed by atoms with Crippen molar-refractivity contribution in [3.8, 4) is 0 Å². The van der Waals surface area contributed by atoms with E-state index in [0.29, 0.717) is 5.69 Å². The number of nitrogens with zero attached hydrogens (tertiary/aromatic N) is 1. The Labute approximate surface area is 159 Å². The predicted molar refractivity (Wildman–Crippen MR) is 99.9 cm³/mol. The standard InChI is InChI=1S/C15H16Cl2FN3O2S2/c16-9-1-3-10(4-2-9)20-13-8-12(18)14(7-11(13)17)25(22,23)21-15-19-5-6-24-15/h5-10,20H,1-4H2,(H,19,21). The van der Waals surface area contributed by atoms with Crippen LogP contribution in [0.25, 0.3) is 0 Å². The number of halogens is 3. The summed E-state index contributed by atoms with van der Waals surface area (Å²) in [6, 6.07) is 2.37. The maximum Gasteiger partial charge on any atom is 0.266 e. The Hall–Kier alpha value is -1.09. The minimum absolute atomic E-state index is 0.141. The highest BCUT2D eigenvalue weighted by Crippen LogP contribution is 2.32. The highest BCUT2D eigenvalue weighted by Gasteiger charge is 2.24. The average molecular weight is 424 g/mol. The van der Waals surface area contributed by atoms with E-state index in [9.17, 15) is 12.8 Å². The molecule has 10 heteroatoms. The highest BCUT2D eigenvalue weighted by atomic mass is 35.5. The quantitative estimate of drug-likeness (QED) is 0.683. The van der Waals surface area contributed by atoms with Gasteiger partial charge in [-0.2, -0.15) is 0 Å². The molecule has 0 atom stereocenters. The molecule has 2 aromatic rings. The number of hydrogen-bond acceptors (Lipinski definition) is 5. The Morgan fingerprint density at radius 3 is 2.60 bits per heavy atom. The second kappa shape index (κ2) is 7.65. The lowest BCUT2D eigenvalue weighted by Gasteiger charge is -2.27. The lowest BCUT2D eigenvalue weighted by Crippen LogP contribution is -2.26. The van der Waals surface area contributed by atoms with Gasteiger partial charge in [-0.05, 0) is 37.8 Å². The van der Waals surface area contributed by atoms with E-state index in [1.165, 1.54) is 6.20 Å². The molecule has 1 aliphatic carbocycles. The summed E-state index contributed by atoms with van der Waals surface area (Å²) in [7, 11) is -4.10. The molecule has 2 N–H and O–H groups in total. The van der Waals surface area contributed by atoms with Crippen molar-refractivity contribution in [2.24, 2.45) is 0 Å². The van der Waals surface area contributed by atoms with Crippen LogP contribution in [0.3, 0.4) is 0 Å². The molecule has 0 bridgehead atoms. The molecule has 0 unspecified atom stereocenters. The zero-order valence-corrected chi connectivity index (χ0v) is 16.2. The lowest BCUT2D eigenvalue weighted by molar-refractivity contribution is 0.468. The second-order valence-corrected chi connectivity index (χ2v) is 9.37. The molecule has 1 heterocycles. The summed E-state index contributed by atoms with van der Waals surface area (Å²) in [5.74, 6) is -0.873. The van der Waals surface area contributed by atoms with Gasteiger partial charge in [0.25, 0.3) is 10.0 Å². The first-order chi connectivity index (χ1) is 11.8. The van der Waals surface area contributed by atoms with Crippen LogP contribution in [0.15, 0.2) is 28.6 Å². The first-order valence-electron chi connectivity index (χ1n) is 7.67. The Kier molecular flexibility index (Phi) is 5.72. The number of aromatic nitrogens is 1. The number of thiazole rings is 1. The molecule has 1 aromatic heterocycles. The number of alkyl halides is 1. The molecule has 1 fully saturated rings. The van der Waals surface area contributed by atoms with E-state index in [2.05, 4.69) is 15.0 Å². The van der Waals surface area contributed by atoms with Gasteiger partial charge in [0.1, 0.15) is 10.7 Å². The fourth-order valence-corrected chi connectivity index (χ4v) is 5.12. The van der Waals surface area contributed by atoms with Crippen molar-refractivity contribution in [1.82, 2.24) is 4.98 Å². The average Bonchev–Trinajstić information content (AvgIpc) is 3.04. The fourth-order valence-electron chi connectivity index (χ4n) is 2.71. The minimum Gasteiger partial charge on any atom is -0.381 e. The van der Waals surface area contributed by atoms with Crippen molar-refractivity contribution in [2.45, 2.75) is 42.0 Å². The van der Waals surface area contributed by atoms with E-state index < -0.39 is 20.7 Å². The SMILES string of the molecule is O=S(=O)(Nc1nccs1)c1cc(Cl)c(NC2CCC(Cl)CC2)cc1F. The molecule has 0 spiro atoms. The van der Waals surface area contributed by atoms with E-state index >= 15 is 0 Å². The Bertz CT molecular complexity index is 839. The highest BCUT2D eigenvalue weighted by molar-refractivity contribution is 7.93. The van der Waals surface area contributed by atoms with Gasteiger partial charge in [-0.15, -0.1) is 22.9 Å². The first kappa shape index (κ1) is 18.7. The summed E-state index contributed by atoms with van der Waals surface area (Å²) in [6.45, 7) is 0. The van der Waals surface area contributed by atoms with Gasteiger partial charge in [0.05, 0.1) is 10.7 Å². The van der Waals surface area contributed by atoms with Gasteiger partial charge in [0, 0.05) is 23.0 Å². The van der Waals surface area contributed by atoms with Gasteiger partial charge in [-0.3, -0.25) is 4.72 Å².